The van der Waals surface area contributed by atoms with Gasteiger partial charge in [0.25, 0.3) is 0 Å². The summed E-state index contributed by atoms with van der Waals surface area (Å²) >= 11 is 0. The van der Waals surface area contributed by atoms with Gasteiger partial charge in [-0.2, -0.15) is 0 Å². The molecule has 1 rings (SSSR count). The van der Waals surface area contributed by atoms with Gasteiger partial charge in [0, 0.05) is 31.7 Å². The zero-order valence-corrected chi connectivity index (χ0v) is 11.2. The van der Waals surface area contributed by atoms with E-state index in [1.807, 2.05) is 0 Å². The molecule has 0 aromatic rings. The van der Waals surface area contributed by atoms with Crippen molar-refractivity contribution in [3.8, 4) is 0 Å². The van der Waals surface area contributed by atoms with Gasteiger partial charge in [0.15, 0.2) is 0 Å². The Morgan fingerprint density at radius 2 is 2.00 bits per heavy atom. The summed E-state index contributed by atoms with van der Waals surface area (Å²) in [6.45, 7) is 16.5. The highest BCUT2D eigenvalue weighted by atomic mass is 15.2. The van der Waals surface area contributed by atoms with E-state index in [0.29, 0.717) is 11.0 Å². The molecular weight excluding hydrogens is 184 g/mol. The quantitative estimate of drug-likeness (QED) is 0.770. The van der Waals surface area contributed by atoms with Crippen molar-refractivity contribution in [1.29, 1.82) is 0 Å². The summed E-state index contributed by atoms with van der Waals surface area (Å²) in [6, 6.07) is 0. The molecule has 1 fully saturated rings. The SMILES string of the molecule is CCC(C)(C)CN1CCNC(C)(CC)C1. The molecule has 0 amide bonds. The Morgan fingerprint density at radius 3 is 2.53 bits per heavy atom. The highest BCUT2D eigenvalue weighted by Crippen LogP contribution is 2.24. The van der Waals surface area contributed by atoms with Gasteiger partial charge in [0.1, 0.15) is 0 Å². The van der Waals surface area contributed by atoms with Crippen molar-refractivity contribution in [3.05, 3.63) is 0 Å². The van der Waals surface area contributed by atoms with Crippen molar-refractivity contribution in [2.75, 3.05) is 26.2 Å². The first kappa shape index (κ1) is 13.0. The number of nitrogens with one attached hydrogen (secondary N) is 1. The van der Waals surface area contributed by atoms with Gasteiger partial charge in [-0.05, 0) is 25.2 Å². The summed E-state index contributed by atoms with van der Waals surface area (Å²) in [6.07, 6.45) is 2.48. The Labute approximate surface area is 95.4 Å². The smallest absolute Gasteiger partial charge is 0.0278 e. The predicted molar refractivity (Wildman–Crippen MR) is 67.2 cm³/mol. The third-order valence-electron chi connectivity index (χ3n) is 3.94. The summed E-state index contributed by atoms with van der Waals surface area (Å²) in [5.41, 5.74) is 0.800. The molecule has 0 saturated carbocycles. The first-order valence-electron chi connectivity index (χ1n) is 6.38. The molecule has 15 heavy (non-hydrogen) atoms. The van der Waals surface area contributed by atoms with Crippen LogP contribution in [0.1, 0.15) is 47.5 Å². The molecule has 0 aromatic heterocycles. The fourth-order valence-electron chi connectivity index (χ4n) is 2.23. The van der Waals surface area contributed by atoms with Crippen molar-refractivity contribution in [3.63, 3.8) is 0 Å². The molecule has 2 nitrogen and oxygen atoms in total. The van der Waals surface area contributed by atoms with E-state index in [1.54, 1.807) is 0 Å². The van der Waals surface area contributed by atoms with E-state index in [4.69, 9.17) is 0 Å². The van der Waals surface area contributed by atoms with Crippen LogP contribution in [0, 0.1) is 5.41 Å². The van der Waals surface area contributed by atoms with Crippen LogP contribution in [0.5, 0.6) is 0 Å². The summed E-state index contributed by atoms with van der Waals surface area (Å²) in [4.78, 5) is 2.63. The number of hydrogen-bond acceptors (Lipinski definition) is 2. The molecule has 1 saturated heterocycles. The first-order chi connectivity index (χ1) is 6.91. The second kappa shape index (κ2) is 4.84. The summed E-state index contributed by atoms with van der Waals surface area (Å²) in [5.74, 6) is 0. The number of rotatable bonds is 4. The van der Waals surface area contributed by atoms with Crippen LogP contribution in [0.2, 0.25) is 0 Å². The topological polar surface area (TPSA) is 15.3 Å². The maximum absolute atomic E-state index is 3.64. The van der Waals surface area contributed by atoms with Gasteiger partial charge in [-0.3, -0.25) is 4.90 Å². The minimum atomic E-state index is 0.335. The number of hydrogen-bond donors (Lipinski definition) is 1. The average Bonchev–Trinajstić information content (AvgIpc) is 2.17. The molecule has 1 unspecified atom stereocenters. The van der Waals surface area contributed by atoms with E-state index < -0.39 is 0 Å². The lowest BCUT2D eigenvalue weighted by Gasteiger charge is -2.43. The minimum absolute atomic E-state index is 0.335. The Bertz CT molecular complexity index is 199. The van der Waals surface area contributed by atoms with E-state index in [0.717, 1.165) is 6.54 Å². The summed E-state index contributed by atoms with van der Waals surface area (Å²) < 4.78 is 0. The van der Waals surface area contributed by atoms with Gasteiger partial charge in [-0.25, -0.2) is 0 Å². The maximum Gasteiger partial charge on any atom is 0.0278 e. The molecule has 0 spiro atoms. The monoisotopic (exact) mass is 212 g/mol. The van der Waals surface area contributed by atoms with Gasteiger partial charge in [-0.15, -0.1) is 0 Å². The van der Waals surface area contributed by atoms with E-state index in [2.05, 4.69) is 44.8 Å². The number of piperazine rings is 1. The van der Waals surface area contributed by atoms with Gasteiger partial charge in [0.2, 0.25) is 0 Å². The van der Waals surface area contributed by atoms with Crippen LogP contribution in [0.3, 0.4) is 0 Å². The first-order valence-corrected chi connectivity index (χ1v) is 6.38. The fraction of sp³-hybridized carbons (Fsp3) is 1.00. The molecule has 1 N–H and O–H groups in total. The van der Waals surface area contributed by atoms with E-state index in [1.165, 1.54) is 32.5 Å². The van der Waals surface area contributed by atoms with Crippen LogP contribution in [0.4, 0.5) is 0 Å². The van der Waals surface area contributed by atoms with Crippen molar-refractivity contribution in [1.82, 2.24) is 10.2 Å². The third kappa shape index (κ3) is 3.76. The lowest BCUT2D eigenvalue weighted by Crippen LogP contribution is -2.59. The zero-order valence-electron chi connectivity index (χ0n) is 11.2. The molecule has 0 bridgehead atoms. The lowest BCUT2D eigenvalue weighted by atomic mass is 9.88. The van der Waals surface area contributed by atoms with Crippen LogP contribution in [0.25, 0.3) is 0 Å². The van der Waals surface area contributed by atoms with Crippen LogP contribution < -0.4 is 5.32 Å². The molecular formula is C13H28N2. The Balaban J connectivity index is 2.50. The minimum Gasteiger partial charge on any atom is -0.309 e. The van der Waals surface area contributed by atoms with Crippen LogP contribution >= 0.6 is 0 Å². The molecule has 1 atom stereocenters. The number of nitrogens with zero attached hydrogens (tertiary/aromatic N) is 1. The van der Waals surface area contributed by atoms with Gasteiger partial charge >= 0.3 is 0 Å². The molecule has 2 heteroatoms. The molecule has 1 aliphatic heterocycles. The second-order valence-electron chi connectivity index (χ2n) is 6.07. The van der Waals surface area contributed by atoms with Gasteiger partial charge in [0.05, 0.1) is 0 Å². The predicted octanol–water partition coefficient (Wildman–Crippen LogP) is 2.50. The van der Waals surface area contributed by atoms with Gasteiger partial charge in [-0.1, -0.05) is 27.7 Å². The van der Waals surface area contributed by atoms with E-state index >= 15 is 0 Å². The standard InChI is InChI=1S/C13H28N2/c1-6-12(3,4)10-15-9-8-14-13(5,7-2)11-15/h14H,6-11H2,1-5H3. The highest BCUT2D eigenvalue weighted by Gasteiger charge is 2.30. The summed E-state index contributed by atoms with van der Waals surface area (Å²) in [5, 5.41) is 3.64. The summed E-state index contributed by atoms with van der Waals surface area (Å²) in [7, 11) is 0. The van der Waals surface area contributed by atoms with Crippen molar-refractivity contribution in [2.24, 2.45) is 5.41 Å². The Morgan fingerprint density at radius 1 is 1.33 bits per heavy atom. The largest absolute Gasteiger partial charge is 0.309 e. The molecule has 1 aliphatic rings. The van der Waals surface area contributed by atoms with Crippen LogP contribution in [0.15, 0.2) is 0 Å². The zero-order chi connectivity index (χ0) is 11.5. The highest BCUT2D eigenvalue weighted by molar-refractivity contribution is 4.91. The molecule has 1 heterocycles. The Hall–Kier alpha value is -0.0800. The van der Waals surface area contributed by atoms with E-state index in [9.17, 15) is 0 Å². The van der Waals surface area contributed by atoms with Crippen molar-refractivity contribution >= 4 is 0 Å². The lowest BCUT2D eigenvalue weighted by molar-refractivity contribution is 0.0969. The maximum atomic E-state index is 3.64. The van der Waals surface area contributed by atoms with Crippen LogP contribution in [-0.4, -0.2) is 36.6 Å². The second-order valence-corrected chi connectivity index (χ2v) is 6.07. The molecule has 0 radical (unpaired) electrons. The fourth-order valence-corrected chi connectivity index (χ4v) is 2.23. The van der Waals surface area contributed by atoms with Gasteiger partial charge < -0.3 is 5.32 Å². The van der Waals surface area contributed by atoms with E-state index in [-0.39, 0.29) is 0 Å². The average molecular weight is 212 g/mol. The third-order valence-corrected chi connectivity index (χ3v) is 3.94. The normalized spacial score (nSPS) is 29.4. The Kier molecular flexibility index (Phi) is 4.19. The molecule has 90 valence electrons. The van der Waals surface area contributed by atoms with Crippen LogP contribution in [-0.2, 0) is 0 Å². The van der Waals surface area contributed by atoms with Crippen molar-refractivity contribution in [2.45, 2.75) is 53.0 Å². The molecule has 0 aromatic carbocycles. The van der Waals surface area contributed by atoms with Crippen molar-refractivity contribution < 1.29 is 0 Å². The molecule has 0 aliphatic carbocycles.